The maximum Gasteiger partial charge on any atom is 0.208 e. The van der Waals surface area contributed by atoms with Crippen molar-refractivity contribution in [2.45, 2.75) is 19.9 Å². The van der Waals surface area contributed by atoms with Crippen LogP contribution in [0.3, 0.4) is 0 Å². The molecule has 3 N–H and O–H groups in total. The van der Waals surface area contributed by atoms with Gasteiger partial charge in [-0.15, -0.1) is 0 Å². The van der Waals surface area contributed by atoms with E-state index in [1.807, 2.05) is 13.8 Å². The second-order valence-corrected chi connectivity index (χ2v) is 5.46. The van der Waals surface area contributed by atoms with Crippen molar-refractivity contribution in [2.24, 2.45) is 0 Å². The molecule has 84 valence electrons. The van der Waals surface area contributed by atoms with Crippen LogP contribution in [0.15, 0.2) is 0 Å². The molecule has 0 rings (SSSR count). The fourth-order valence-corrected chi connectivity index (χ4v) is 1.54. The Kier molecular flexibility index (Phi) is 5.98. The molecule has 14 heavy (non-hydrogen) atoms. The summed E-state index contributed by atoms with van der Waals surface area (Å²) in [6.07, 6.45) is 1.12. The van der Waals surface area contributed by atoms with E-state index in [-0.39, 0.29) is 6.04 Å². The van der Waals surface area contributed by atoms with E-state index in [9.17, 15) is 8.42 Å². The van der Waals surface area contributed by atoms with E-state index in [2.05, 4.69) is 15.4 Å². The van der Waals surface area contributed by atoms with Gasteiger partial charge in [-0.3, -0.25) is 0 Å². The molecule has 0 aliphatic heterocycles. The van der Waals surface area contributed by atoms with Gasteiger partial charge in [-0.05, 0) is 26.1 Å². The molecule has 0 aliphatic carbocycles. The lowest BCUT2D eigenvalue weighted by Gasteiger charge is -2.12. The Bertz CT molecular complexity index is 275. The normalized spacial score (nSPS) is 11.4. The Hall–Kier alpha value is -0.400. The Morgan fingerprint density at radius 3 is 2.36 bits per heavy atom. The molecule has 0 aromatic heterocycles. The molecular formula is C7H17N3O2S2. The minimum absolute atomic E-state index is 0.276. The number of thiocarbonyl (C=S) groups is 1. The molecule has 0 aromatic carbocycles. The molecule has 0 amide bonds. The van der Waals surface area contributed by atoms with Crippen molar-refractivity contribution in [3.05, 3.63) is 0 Å². The van der Waals surface area contributed by atoms with Gasteiger partial charge in [0, 0.05) is 19.1 Å². The van der Waals surface area contributed by atoms with Crippen LogP contribution in [0, 0.1) is 0 Å². The van der Waals surface area contributed by atoms with Crippen LogP contribution in [0.25, 0.3) is 0 Å². The van der Waals surface area contributed by atoms with E-state index in [0.29, 0.717) is 18.2 Å². The lowest BCUT2D eigenvalue weighted by atomic mass is 10.4. The van der Waals surface area contributed by atoms with Gasteiger partial charge >= 0.3 is 0 Å². The summed E-state index contributed by atoms with van der Waals surface area (Å²) in [5.41, 5.74) is 0. The highest BCUT2D eigenvalue weighted by Crippen LogP contribution is 1.77. The summed E-state index contributed by atoms with van der Waals surface area (Å²) in [7, 11) is -3.10. The number of hydrogen-bond donors (Lipinski definition) is 3. The van der Waals surface area contributed by atoms with Gasteiger partial charge in [0.1, 0.15) is 0 Å². The van der Waals surface area contributed by atoms with Crippen LogP contribution < -0.4 is 15.4 Å². The first-order valence-electron chi connectivity index (χ1n) is 4.30. The summed E-state index contributed by atoms with van der Waals surface area (Å²) in [5, 5.41) is 6.40. The van der Waals surface area contributed by atoms with E-state index in [0.717, 1.165) is 6.26 Å². The van der Waals surface area contributed by atoms with Crippen LogP contribution in [0.4, 0.5) is 0 Å². The first-order chi connectivity index (χ1) is 6.31. The standard InChI is InChI=1S/C7H17N3O2S2/c1-6(2)10-7(13)8-4-5-9-14(3,11)12/h6,9H,4-5H2,1-3H3,(H2,8,10,13). The van der Waals surface area contributed by atoms with E-state index in [1.54, 1.807) is 0 Å². The van der Waals surface area contributed by atoms with Crippen LogP contribution >= 0.6 is 12.2 Å². The zero-order valence-corrected chi connectivity index (χ0v) is 10.3. The van der Waals surface area contributed by atoms with E-state index >= 15 is 0 Å². The minimum atomic E-state index is -3.10. The highest BCUT2D eigenvalue weighted by Gasteiger charge is 2.00. The van der Waals surface area contributed by atoms with Gasteiger partial charge in [0.25, 0.3) is 0 Å². The van der Waals surface area contributed by atoms with Crippen molar-refractivity contribution >= 4 is 27.4 Å². The Morgan fingerprint density at radius 2 is 1.93 bits per heavy atom. The van der Waals surface area contributed by atoms with Gasteiger partial charge in [0.05, 0.1) is 6.26 Å². The van der Waals surface area contributed by atoms with Gasteiger partial charge in [0.2, 0.25) is 10.0 Å². The summed E-state index contributed by atoms with van der Waals surface area (Å²) >= 11 is 4.94. The highest BCUT2D eigenvalue weighted by molar-refractivity contribution is 7.88. The third-order valence-corrected chi connectivity index (χ3v) is 2.19. The van der Waals surface area contributed by atoms with Gasteiger partial charge in [-0.25, -0.2) is 13.1 Å². The van der Waals surface area contributed by atoms with Crippen LogP contribution in [-0.2, 0) is 10.0 Å². The molecule has 0 saturated heterocycles. The molecular weight excluding hydrogens is 222 g/mol. The van der Waals surface area contributed by atoms with Crippen molar-refractivity contribution in [2.75, 3.05) is 19.3 Å². The quantitative estimate of drug-likeness (QED) is 0.442. The summed E-state index contributed by atoms with van der Waals surface area (Å²) in [6.45, 7) is 4.76. The molecule has 0 unspecified atom stereocenters. The molecule has 0 radical (unpaired) electrons. The van der Waals surface area contributed by atoms with Crippen LogP contribution in [-0.4, -0.2) is 38.9 Å². The number of hydrogen-bond acceptors (Lipinski definition) is 3. The third-order valence-electron chi connectivity index (χ3n) is 1.19. The maximum atomic E-state index is 10.7. The van der Waals surface area contributed by atoms with Crippen molar-refractivity contribution < 1.29 is 8.42 Å². The Morgan fingerprint density at radius 1 is 1.36 bits per heavy atom. The molecule has 0 spiro atoms. The van der Waals surface area contributed by atoms with E-state index in [4.69, 9.17) is 12.2 Å². The lowest BCUT2D eigenvalue weighted by molar-refractivity contribution is 0.586. The summed E-state index contributed by atoms with van der Waals surface area (Å²) < 4.78 is 23.7. The van der Waals surface area contributed by atoms with Crippen LogP contribution in [0.2, 0.25) is 0 Å². The van der Waals surface area contributed by atoms with Crippen LogP contribution in [0.1, 0.15) is 13.8 Å². The number of nitrogens with one attached hydrogen (secondary N) is 3. The van der Waals surface area contributed by atoms with Crippen molar-refractivity contribution in [3.8, 4) is 0 Å². The maximum absolute atomic E-state index is 10.7. The molecule has 5 nitrogen and oxygen atoms in total. The zero-order chi connectivity index (χ0) is 11.2. The first kappa shape index (κ1) is 13.6. The first-order valence-corrected chi connectivity index (χ1v) is 6.60. The predicted molar refractivity (Wildman–Crippen MR) is 61.7 cm³/mol. The predicted octanol–water partition coefficient (Wildman–Crippen LogP) is -0.592. The van der Waals surface area contributed by atoms with Crippen molar-refractivity contribution in [3.63, 3.8) is 0 Å². The molecule has 7 heteroatoms. The SMILES string of the molecule is CC(C)NC(=S)NCCNS(C)(=O)=O. The molecule has 0 saturated carbocycles. The second-order valence-electron chi connectivity index (χ2n) is 3.22. The average Bonchev–Trinajstić information content (AvgIpc) is 1.95. The Labute approximate surface area is 90.7 Å². The van der Waals surface area contributed by atoms with Crippen molar-refractivity contribution in [1.29, 1.82) is 0 Å². The van der Waals surface area contributed by atoms with E-state index in [1.165, 1.54) is 0 Å². The van der Waals surface area contributed by atoms with Gasteiger partial charge in [-0.1, -0.05) is 0 Å². The van der Waals surface area contributed by atoms with Crippen LogP contribution in [0.5, 0.6) is 0 Å². The smallest absolute Gasteiger partial charge is 0.208 e. The Balaban J connectivity index is 3.51. The molecule has 0 fully saturated rings. The van der Waals surface area contributed by atoms with Gasteiger partial charge in [0.15, 0.2) is 5.11 Å². The molecule has 0 bridgehead atoms. The average molecular weight is 239 g/mol. The fourth-order valence-electron chi connectivity index (χ4n) is 0.726. The van der Waals surface area contributed by atoms with Gasteiger partial charge < -0.3 is 10.6 Å². The number of rotatable bonds is 5. The second kappa shape index (κ2) is 6.15. The highest BCUT2D eigenvalue weighted by atomic mass is 32.2. The lowest BCUT2D eigenvalue weighted by Crippen LogP contribution is -2.42. The fraction of sp³-hybridized carbons (Fsp3) is 0.857. The molecule has 0 aliphatic rings. The monoisotopic (exact) mass is 239 g/mol. The molecule has 0 aromatic rings. The largest absolute Gasteiger partial charge is 0.361 e. The summed E-state index contributed by atoms with van der Waals surface area (Å²) in [4.78, 5) is 0. The molecule has 0 atom stereocenters. The third kappa shape index (κ3) is 9.69. The summed E-state index contributed by atoms with van der Waals surface area (Å²) in [5.74, 6) is 0. The van der Waals surface area contributed by atoms with Crippen molar-refractivity contribution in [1.82, 2.24) is 15.4 Å². The zero-order valence-electron chi connectivity index (χ0n) is 8.62. The molecule has 0 heterocycles. The summed E-state index contributed by atoms with van der Waals surface area (Å²) in [6, 6.07) is 0.276. The van der Waals surface area contributed by atoms with E-state index < -0.39 is 10.0 Å². The minimum Gasteiger partial charge on any atom is -0.361 e. The topological polar surface area (TPSA) is 70.2 Å². The number of sulfonamides is 1. The van der Waals surface area contributed by atoms with Gasteiger partial charge in [-0.2, -0.15) is 0 Å².